The highest BCUT2D eigenvalue weighted by molar-refractivity contribution is 5.89. The maximum absolute atomic E-state index is 12.8. The fourth-order valence-corrected chi connectivity index (χ4v) is 2.33. The van der Waals surface area contributed by atoms with Crippen molar-refractivity contribution in [2.24, 2.45) is 5.92 Å². The number of hydrogen-bond donors (Lipinski definition) is 0. The number of carbonyl (C=O) groups excluding carboxylic acids is 2. The summed E-state index contributed by atoms with van der Waals surface area (Å²) in [5.74, 6) is -1.37. The summed E-state index contributed by atoms with van der Waals surface area (Å²) in [6.07, 6.45) is -3.34. The second kappa shape index (κ2) is 6.33. The van der Waals surface area contributed by atoms with Crippen LogP contribution in [0.25, 0.3) is 0 Å². The summed E-state index contributed by atoms with van der Waals surface area (Å²) in [6, 6.07) is 1.88. The van der Waals surface area contributed by atoms with Gasteiger partial charge >= 0.3 is 12.1 Å². The van der Waals surface area contributed by atoms with Crippen LogP contribution in [0.3, 0.4) is 0 Å². The van der Waals surface area contributed by atoms with E-state index in [2.05, 4.69) is 4.98 Å². The van der Waals surface area contributed by atoms with Crippen molar-refractivity contribution in [2.75, 3.05) is 19.7 Å². The fraction of sp³-hybridized carbons (Fsp3) is 0.500. The molecule has 1 fully saturated rings. The Labute approximate surface area is 125 Å². The van der Waals surface area contributed by atoms with Gasteiger partial charge in [-0.25, -0.2) is 9.78 Å². The first-order chi connectivity index (χ1) is 10.3. The number of rotatable bonds is 4. The summed E-state index contributed by atoms with van der Waals surface area (Å²) >= 11 is 0. The van der Waals surface area contributed by atoms with Crippen LogP contribution in [0.1, 0.15) is 29.4 Å². The average Bonchev–Trinajstić information content (AvgIpc) is 2.84. The van der Waals surface area contributed by atoms with E-state index in [1.165, 1.54) is 0 Å². The zero-order valence-corrected chi connectivity index (χ0v) is 11.9. The standard InChI is InChI=1S/C14H15F3N2O3/c1-2-19-7-9(6-11(19)20)8-22-13(21)12-10(14(15,16)17)4-3-5-18-12/h3-5,9H,2,6-8H2,1H3. The second-order valence-electron chi connectivity index (χ2n) is 5.00. The molecule has 1 unspecified atom stereocenters. The van der Waals surface area contributed by atoms with Crippen LogP contribution in [-0.2, 0) is 15.7 Å². The van der Waals surface area contributed by atoms with Crippen LogP contribution in [-0.4, -0.2) is 41.5 Å². The van der Waals surface area contributed by atoms with E-state index < -0.39 is 23.4 Å². The predicted octanol–water partition coefficient (Wildman–Crippen LogP) is 2.13. The van der Waals surface area contributed by atoms with Gasteiger partial charge in [-0.3, -0.25) is 4.79 Å². The molecule has 1 aliphatic heterocycles. The first-order valence-corrected chi connectivity index (χ1v) is 6.80. The number of likely N-dealkylation sites (tertiary alicyclic amines) is 1. The molecule has 1 aromatic heterocycles. The summed E-state index contributed by atoms with van der Waals surface area (Å²) in [5, 5.41) is 0. The molecule has 120 valence electrons. The maximum atomic E-state index is 12.8. The molecular weight excluding hydrogens is 301 g/mol. The van der Waals surface area contributed by atoms with Crippen LogP contribution in [0, 0.1) is 5.92 Å². The van der Waals surface area contributed by atoms with Crippen molar-refractivity contribution in [3.05, 3.63) is 29.6 Å². The molecule has 0 N–H and O–H groups in total. The lowest BCUT2D eigenvalue weighted by molar-refractivity contribution is -0.138. The lowest BCUT2D eigenvalue weighted by atomic mass is 10.1. The molecule has 0 aliphatic carbocycles. The Balaban J connectivity index is 2.01. The van der Waals surface area contributed by atoms with Gasteiger partial charge in [-0.05, 0) is 19.1 Å². The lowest BCUT2D eigenvalue weighted by Crippen LogP contribution is -2.25. The number of esters is 1. The van der Waals surface area contributed by atoms with Crippen molar-refractivity contribution in [1.82, 2.24) is 9.88 Å². The Morgan fingerprint density at radius 1 is 1.50 bits per heavy atom. The number of aromatic nitrogens is 1. The van der Waals surface area contributed by atoms with Gasteiger partial charge in [0, 0.05) is 31.6 Å². The highest BCUT2D eigenvalue weighted by Gasteiger charge is 2.37. The van der Waals surface area contributed by atoms with Gasteiger partial charge in [0.1, 0.15) is 0 Å². The van der Waals surface area contributed by atoms with Crippen molar-refractivity contribution < 1.29 is 27.5 Å². The van der Waals surface area contributed by atoms with Crippen LogP contribution in [0.15, 0.2) is 18.3 Å². The normalized spacial score (nSPS) is 18.6. The van der Waals surface area contributed by atoms with E-state index in [0.29, 0.717) is 13.1 Å². The summed E-state index contributed by atoms with van der Waals surface area (Å²) in [5.41, 5.74) is -1.88. The predicted molar refractivity (Wildman–Crippen MR) is 69.9 cm³/mol. The quantitative estimate of drug-likeness (QED) is 0.799. The van der Waals surface area contributed by atoms with E-state index in [0.717, 1.165) is 18.3 Å². The summed E-state index contributed by atoms with van der Waals surface area (Å²) < 4.78 is 43.3. The fourth-order valence-electron chi connectivity index (χ4n) is 2.33. The number of pyridine rings is 1. The lowest BCUT2D eigenvalue weighted by Gasteiger charge is -2.14. The molecular formula is C14H15F3N2O3. The van der Waals surface area contributed by atoms with Crippen molar-refractivity contribution >= 4 is 11.9 Å². The molecule has 2 heterocycles. The Kier molecular flexibility index (Phi) is 4.68. The van der Waals surface area contributed by atoms with E-state index in [9.17, 15) is 22.8 Å². The third-order valence-electron chi connectivity index (χ3n) is 3.43. The van der Waals surface area contributed by atoms with Crippen LogP contribution >= 0.6 is 0 Å². The van der Waals surface area contributed by atoms with Crippen molar-refractivity contribution in [2.45, 2.75) is 19.5 Å². The minimum Gasteiger partial charge on any atom is -0.461 e. The van der Waals surface area contributed by atoms with Gasteiger partial charge in [-0.2, -0.15) is 13.2 Å². The molecule has 8 heteroatoms. The van der Waals surface area contributed by atoms with Crippen LogP contribution in [0.2, 0.25) is 0 Å². The zero-order valence-electron chi connectivity index (χ0n) is 11.9. The third-order valence-corrected chi connectivity index (χ3v) is 3.43. The Morgan fingerprint density at radius 2 is 2.23 bits per heavy atom. The van der Waals surface area contributed by atoms with Crippen molar-refractivity contribution in [3.63, 3.8) is 0 Å². The molecule has 0 saturated carbocycles. The van der Waals surface area contributed by atoms with Crippen molar-refractivity contribution in [3.8, 4) is 0 Å². The highest BCUT2D eigenvalue weighted by Crippen LogP contribution is 2.31. The number of alkyl halides is 3. The number of amides is 1. The van der Waals surface area contributed by atoms with E-state index in [1.54, 1.807) is 4.90 Å². The average molecular weight is 316 g/mol. The van der Waals surface area contributed by atoms with Crippen LogP contribution in [0.4, 0.5) is 13.2 Å². The number of ether oxygens (including phenoxy) is 1. The van der Waals surface area contributed by atoms with E-state index in [4.69, 9.17) is 4.74 Å². The molecule has 1 amide bonds. The number of carbonyl (C=O) groups is 2. The molecule has 1 atom stereocenters. The second-order valence-corrected chi connectivity index (χ2v) is 5.00. The zero-order chi connectivity index (χ0) is 16.3. The van der Waals surface area contributed by atoms with Gasteiger partial charge in [0.15, 0.2) is 5.69 Å². The SMILES string of the molecule is CCN1CC(COC(=O)c2ncccc2C(F)(F)F)CC1=O. The maximum Gasteiger partial charge on any atom is 0.418 e. The minimum atomic E-state index is -4.68. The molecule has 0 aromatic carbocycles. The Hall–Kier alpha value is -2.12. The first kappa shape index (κ1) is 16.3. The Morgan fingerprint density at radius 3 is 2.82 bits per heavy atom. The molecule has 0 radical (unpaired) electrons. The highest BCUT2D eigenvalue weighted by atomic mass is 19.4. The van der Waals surface area contributed by atoms with Crippen LogP contribution in [0.5, 0.6) is 0 Å². The van der Waals surface area contributed by atoms with Gasteiger partial charge in [-0.1, -0.05) is 0 Å². The van der Waals surface area contributed by atoms with E-state index >= 15 is 0 Å². The van der Waals surface area contributed by atoms with Crippen molar-refractivity contribution in [1.29, 1.82) is 0 Å². The molecule has 22 heavy (non-hydrogen) atoms. The molecule has 1 aliphatic rings. The monoisotopic (exact) mass is 316 g/mol. The summed E-state index contributed by atoms with van der Waals surface area (Å²) in [4.78, 5) is 28.4. The smallest absolute Gasteiger partial charge is 0.418 e. The molecule has 1 saturated heterocycles. The first-order valence-electron chi connectivity index (χ1n) is 6.80. The molecule has 1 aromatic rings. The Bertz CT molecular complexity index is 575. The van der Waals surface area contributed by atoms with Crippen LogP contribution < -0.4 is 0 Å². The number of nitrogens with zero attached hydrogens (tertiary/aromatic N) is 2. The van der Waals surface area contributed by atoms with Gasteiger partial charge in [-0.15, -0.1) is 0 Å². The van der Waals surface area contributed by atoms with E-state index in [-0.39, 0.29) is 24.9 Å². The molecule has 0 bridgehead atoms. The molecule has 5 nitrogen and oxygen atoms in total. The molecule has 2 rings (SSSR count). The number of hydrogen-bond acceptors (Lipinski definition) is 4. The summed E-state index contributed by atoms with van der Waals surface area (Å²) in [6.45, 7) is 2.73. The minimum absolute atomic E-state index is 0.0441. The number of halogens is 3. The van der Waals surface area contributed by atoms with Gasteiger partial charge in [0.25, 0.3) is 0 Å². The largest absolute Gasteiger partial charge is 0.461 e. The van der Waals surface area contributed by atoms with Gasteiger partial charge in [0.2, 0.25) is 5.91 Å². The third kappa shape index (κ3) is 3.55. The summed E-state index contributed by atoms with van der Waals surface area (Å²) in [7, 11) is 0. The molecule has 0 spiro atoms. The van der Waals surface area contributed by atoms with Gasteiger partial charge in [0.05, 0.1) is 12.2 Å². The van der Waals surface area contributed by atoms with Gasteiger partial charge < -0.3 is 9.64 Å². The topological polar surface area (TPSA) is 59.5 Å². The van der Waals surface area contributed by atoms with E-state index in [1.807, 2.05) is 6.92 Å².